The van der Waals surface area contributed by atoms with Gasteiger partial charge in [0, 0.05) is 5.54 Å². The predicted octanol–water partition coefficient (Wildman–Crippen LogP) is 2.94. The lowest BCUT2D eigenvalue weighted by molar-refractivity contribution is -0.136. The molecule has 0 amide bonds. The Balaban J connectivity index is 0.00000162. The summed E-state index contributed by atoms with van der Waals surface area (Å²) in [7, 11) is 0. The second kappa shape index (κ2) is 6.76. The average Bonchev–Trinajstić information content (AvgIpc) is 2.39. The van der Waals surface area contributed by atoms with Crippen LogP contribution in [0.1, 0.15) is 37.7 Å². The first-order chi connectivity index (χ1) is 8.23. The summed E-state index contributed by atoms with van der Waals surface area (Å²) < 4.78 is 0. The van der Waals surface area contributed by atoms with Crippen molar-refractivity contribution < 1.29 is 9.90 Å². The van der Waals surface area contributed by atoms with E-state index in [0.717, 1.165) is 12.8 Å². The van der Waals surface area contributed by atoms with Gasteiger partial charge in [-0.2, -0.15) is 0 Å². The number of benzene rings is 1. The highest BCUT2D eigenvalue weighted by molar-refractivity contribution is 5.85. The van der Waals surface area contributed by atoms with Crippen molar-refractivity contribution in [2.45, 2.75) is 37.6 Å². The smallest absolute Gasteiger partial charge is 0.317 e. The summed E-state index contributed by atoms with van der Waals surface area (Å²) in [5.74, 6) is -0.786. The van der Waals surface area contributed by atoms with Gasteiger partial charge in [-0.3, -0.25) is 10.1 Å². The van der Waals surface area contributed by atoms with Crippen LogP contribution in [-0.4, -0.2) is 17.6 Å². The molecule has 1 aromatic rings. The number of carboxylic acid groups (broad SMARTS) is 1. The zero-order valence-corrected chi connectivity index (χ0v) is 11.2. The minimum atomic E-state index is -0.786. The highest BCUT2D eigenvalue weighted by Gasteiger charge is 2.33. The molecule has 1 fully saturated rings. The van der Waals surface area contributed by atoms with Crippen LogP contribution in [0.25, 0.3) is 0 Å². The van der Waals surface area contributed by atoms with Crippen LogP contribution in [-0.2, 0) is 10.3 Å². The second-order valence-corrected chi connectivity index (χ2v) is 4.76. The molecule has 1 aliphatic carbocycles. The third-order valence-corrected chi connectivity index (χ3v) is 3.61. The van der Waals surface area contributed by atoms with Crippen LogP contribution in [0.4, 0.5) is 0 Å². The maximum atomic E-state index is 10.8. The topological polar surface area (TPSA) is 49.3 Å². The minimum Gasteiger partial charge on any atom is -0.480 e. The predicted molar refractivity (Wildman–Crippen MR) is 74.1 cm³/mol. The molecule has 0 radical (unpaired) electrons. The normalized spacial score (nSPS) is 17.8. The summed E-state index contributed by atoms with van der Waals surface area (Å²) in [4.78, 5) is 10.8. The Labute approximate surface area is 114 Å². The lowest BCUT2D eigenvalue weighted by atomic mass is 9.76. The zero-order chi connectivity index (χ0) is 12.1. The molecule has 0 aliphatic heterocycles. The average molecular weight is 270 g/mol. The monoisotopic (exact) mass is 269 g/mol. The van der Waals surface area contributed by atoms with Crippen LogP contribution < -0.4 is 5.32 Å². The number of carboxylic acids is 1. The largest absolute Gasteiger partial charge is 0.480 e. The molecular weight excluding hydrogens is 250 g/mol. The van der Waals surface area contributed by atoms with E-state index < -0.39 is 5.97 Å². The van der Waals surface area contributed by atoms with Gasteiger partial charge in [0.2, 0.25) is 0 Å². The van der Waals surface area contributed by atoms with Gasteiger partial charge >= 0.3 is 5.97 Å². The number of nitrogens with one attached hydrogen (secondary N) is 1. The molecule has 0 bridgehead atoms. The molecule has 0 spiro atoms. The van der Waals surface area contributed by atoms with Crippen molar-refractivity contribution in [1.29, 1.82) is 0 Å². The Bertz CT molecular complexity index is 375. The molecule has 1 aromatic carbocycles. The van der Waals surface area contributed by atoms with Gasteiger partial charge in [0.1, 0.15) is 0 Å². The van der Waals surface area contributed by atoms with Crippen molar-refractivity contribution >= 4 is 18.4 Å². The van der Waals surface area contributed by atoms with Gasteiger partial charge in [-0.1, -0.05) is 49.6 Å². The first-order valence-electron chi connectivity index (χ1n) is 6.25. The van der Waals surface area contributed by atoms with E-state index in [9.17, 15) is 4.79 Å². The number of hydrogen-bond donors (Lipinski definition) is 2. The Hall–Kier alpha value is -1.06. The van der Waals surface area contributed by atoms with Gasteiger partial charge in [-0.25, -0.2) is 0 Å². The first-order valence-corrected chi connectivity index (χ1v) is 6.25. The fourth-order valence-electron chi connectivity index (χ4n) is 2.72. The number of halogens is 1. The van der Waals surface area contributed by atoms with E-state index >= 15 is 0 Å². The summed E-state index contributed by atoms with van der Waals surface area (Å²) in [6.07, 6.45) is 5.65. The van der Waals surface area contributed by atoms with Crippen molar-refractivity contribution in [3.63, 3.8) is 0 Å². The molecule has 0 aromatic heterocycles. The molecule has 100 valence electrons. The Kier molecular flexibility index (Phi) is 5.63. The summed E-state index contributed by atoms with van der Waals surface area (Å²) >= 11 is 0. The molecule has 18 heavy (non-hydrogen) atoms. The van der Waals surface area contributed by atoms with Crippen LogP contribution in [0.2, 0.25) is 0 Å². The SMILES string of the molecule is Cl.O=C(O)CNC1(c2ccccc2)CCCCC1. The summed E-state index contributed by atoms with van der Waals surface area (Å²) in [5, 5.41) is 12.1. The Morgan fingerprint density at radius 1 is 1.17 bits per heavy atom. The van der Waals surface area contributed by atoms with Crippen LogP contribution in [0, 0.1) is 0 Å². The molecule has 0 saturated heterocycles. The fourth-order valence-corrected chi connectivity index (χ4v) is 2.72. The van der Waals surface area contributed by atoms with Gasteiger partial charge in [-0.15, -0.1) is 12.4 Å². The lowest BCUT2D eigenvalue weighted by Gasteiger charge is -2.38. The van der Waals surface area contributed by atoms with Crippen molar-refractivity contribution in [3.05, 3.63) is 35.9 Å². The Morgan fingerprint density at radius 2 is 1.78 bits per heavy atom. The first kappa shape index (κ1) is 15.0. The van der Waals surface area contributed by atoms with Gasteiger partial charge in [0.05, 0.1) is 6.54 Å². The minimum absolute atomic E-state index is 0. The maximum Gasteiger partial charge on any atom is 0.317 e. The third-order valence-electron chi connectivity index (χ3n) is 3.61. The van der Waals surface area contributed by atoms with E-state index in [-0.39, 0.29) is 24.5 Å². The van der Waals surface area contributed by atoms with Crippen LogP contribution >= 0.6 is 12.4 Å². The van der Waals surface area contributed by atoms with Crippen molar-refractivity contribution in [3.8, 4) is 0 Å². The molecule has 2 rings (SSSR count). The lowest BCUT2D eigenvalue weighted by Crippen LogP contribution is -2.46. The van der Waals surface area contributed by atoms with E-state index in [0.29, 0.717) is 0 Å². The third kappa shape index (κ3) is 3.47. The van der Waals surface area contributed by atoms with E-state index in [1.54, 1.807) is 0 Å². The zero-order valence-electron chi connectivity index (χ0n) is 10.4. The van der Waals surface area contributed by atoms with Gasteiger partial charge in [0.25, 0.3) is 0 Å². The van der Waals surface area contributed by atoms with Crippen LogP contribution in [0.3, 0.4) is 0 Å². The van der Waals surface area contributed by atoms with Gasteiger partial charge in [0.15, 0.2) is 0 Å². The molecule has 0 unspecified atom stereocenters. The fraction of sp³-hybridized carbons (Fsp3) is 0.500. The highest BCUT2D eigenvalue weighted by atomic mass is 35.5. The Morgan fingerprint density at radius 3 is 2.33 bits per heavy atom. The van der Waals surface area contributed by atoms with E-state index in [4.69, 9.17) is 5.11 Å². The summed E-state index contributed by atoms with van der Waals surface area (Å²) in [5.41, 5.74) is 1.10. The summed E-state index contributed by atoms with van der Waals surface area (Å²) in [6.45, 7) is 0.0366. The van der Waals surface area contributed by atoms with Crippen molar-refractivity contribution in [1.82, 2.24) is 5.32 Å². The van der Waals surface area contributed by atoms with Gasteiger partial charge in [-0.05, 0) is 18.4 Å². The number of carbonyl (C=O) groups is 1. The van der Waals surface area contributed by atoms with Crippen molar-refractivity contribution in [2.24, 2.45) is 0 Å². The van der Waals surface area contributed by atoms with E-state index in [1.807, 2.05) is 18.2 Å². The molecule has 0 atom stereocenters. The molecule has 4 heteroatoms. The molecule has 1 aliphatic rings. The number of hydrogen-bond acceptors (Lipinski definition) is 2. The molecule has 2 N–H and O–H groups in total. The molecule has 3 nitrogen and oxygen atoms in total. The molecule has 1 saturated carbocycles. The quantitative estimate of drug-likeness (QED) is 0.884. The van der Waals surface area contributed by atoms with Crippen LogP contribution in [0.15, 0.2) is 30.3 Å². The molecular formula is C14H20ClNO2. The standard InChI is InChI=1S/C14H19NO2.ClH/c16-13(17)11-15-14(9-5-2-6-10-14)12-7-3-1-4-8-12;/h1,3-4,7-8,15H,2,5-6,9-11H2,(H,16,17);1H. The molecule has 0 heterocycles. The highest BCUT2D eigenvalue weighted by Crippen LogP contribution is 2.36. The maximum absolute atomic E-state index is 10.8. The van der Waals surface area contributed by atoms with E-state index in [1.165, 1.54) is 24.8 Å². The number of rotatable bonds is 4. The van der Waals surface area contributed by atoms with Crippen LogP contribution in [0.5, 0.6) is 0 Å². The second-order valence-electron chi connectivity index (χ2n) is 4.76. The van der Waals surface area contributed by atoms with Crippen molar-refractivity contribution in [2.75, 3.05) is 6.54 Å². The summed E-state index contributed by atoms with van der Waals surface area (Å²) in [6, 6.07) is 10.2. The van der Waals surface area contributed by atoms with Gasteiger partial charge < -0.3 is 5.11 Å². The van der Waals surface area contributed by atoms with E-state index in [2.05, 4.69) is 17.4 Å². The number of aliphatic carboxylic acids is 1.